The summed E-state index contributed by atoms with van der Waals surface area (Å²) in [4.78, 5) is 0. The fraction of sp³-hybridized carbons (Fsp3) is 0.276. The Bertz CT molecular complexity index is 5220. The molecule has 105 heavy (non-hydrogen) atoms. The van der Waals surface area contributed by atoms with Gasteiger partial charge in [-0.25, -0.2) is 0 Å². The molecule has 0 aliphatic heterocycles. The lowest BCUT2D eigenvalue weighted by molar-refractivity contribution is 0.792. The molecule has 0 N–H and O–H groups in total. The minimum absolute atomic E-state index is 0.251. The lowest BCUT2D eigenvalue weighted by atomic mass is 9.70. The molecule has 0 radical (unpaired) electrons. The van der Waals surface area contributed by atoms with Crippen LogP contribution >= 0.6 is 0 Å². The molecule has 0 atom stereocenters. The van der Waals surface area contributed by atoms with Crippen LogP contribution in [-0.2, 0) is 5.41 Å². The van der Waals surface area contributed by atoms with E-state index in [1.165, 1.54) is 197 Å². The molecule has 19 rings (SSSR count). The first-order valence-electron chi connectivity index (χ1n) is 40.2. The summed E-state index contributed by atoms with van der Waals surface area (Å²) >= 11 is 0. The predicted molar refractivity (Wildman–Crippen MR) is 482 cm³/mol. The molecule has 0 aromatic heterocycles. The number of aryl methyl sites for hydroxylation is 8. The number of fused-ring (bicyclic) bond motifs is 12. The Morgan fingerprint density at radius 1 is 0.171 bits per heavy atom. The average Bonchev–Trinajstić information content (AvgIpc) is 1.50. The molecule has 17 aromatic rings. The summed E-state index contributed by atoms with van der Waals surface area (Å²) in [6.07, 6.45) is 0. The third-order valence-corrected chi connectivity index (χ3v) is 19.4. The van der Waals surface area contributed by atoms with Crippen LogP contribution in [0.4, 0.5) is 0 Å². The lowest BCUT2D eigenvalue weighted by Gasteiger charge is -2.31. The fourth-order valence-corrected chi connectivity index (χ4v) is 15.7. The van der Waals surface area contributed by atoms with Crippen molar-refractivity contribution in [3.63, 3.8) is 0 Å². The minimum Gasteiger partial charge on any atom is -0.0683 e. The van der Waals surface area contributed by atoms with Crippen LogP contribution in [0.2, 0.25) is 0 Å². The zero-order valence-corrected chi connectivity index (χ0v) is 69.6. The van der Waals surface area contributed by atoms with Gasteiger partial charge in [0.05, 0.1) is 5.41 Å². The molecule has 0 fully saturated rings. The van der Waals surface area contributed by atoms with E-state index >= 15 is 0 Å². The van der Waals surface area contributed by atoms with Crippen LogP contribution in [0, 0.1) is 55.4 Å². The van der Waals surface area contributed by atoms with Gasteiger partial charge in [-0.1, -0.05) is 387 Å². The van der Waals surface area contributed by atoms with E-state index in [0.717, 1.165) is 0 Å². The van der Waals surface area contributed by atoms with Crippen molar-refractivity contribution in [1.82, 2.24) is 0 Å². The second-order valence-corrected chi connectivity index (χ2v) is 24.7. The third-order valence-electron chi connectivity index (χ3n) is 19.4. The van der Waals surface area contributed by atoms with Crippen LogP contribution in [0.3, 0.4) is 0 Å². The molecule has 1 spiro atoms. The average molecular weight is 1390 g/mol. The Morgan fingerprint density at radius 2 is 0.486 bits per heavy atom. The summed E-state index contributed by atoms with van der Waals surface area (Å²) in [7, 11) is 0. The molecule has 0 bridgehead atoms. The van der Waals surface area contributed by atoms with E-state index in [1.807, 2.05) is 138 Å². The topological polar surface area (TPSA) is 0 Å². The van der Waals surface area contributed by atoms with Crippen molar-refractivity contribution in [2.24, 2.45) is 0 Å². The molecule has 0 saturated heterocycles. The Balaban J connectivity index is 0.000000208. The van der Waals surface area contributed by atoms with Crippen molar-refractivity contribution in [3.8, 4) is 22.3 Å². The largest absolute Gasteiger partial charge is 0.0725 e. The molecule has 0 saturated carbocycles. The fourth-order valence-electron chi connectivity index (χ4n) is 15.7. The molecular formula is C105H124. The van der Waals surface area contributed by atoms with Gasteiger partial charge >= 0.3 is 0 Å². The highest BCUT2D eigenvalue weighted by molar-refractivity contribution is 6.26. The summed E-state index contributed by atoms with van der Waals surface area (Å²) < 4.78 is 0. The van der Waals surface area contributed by atoms with E-state index in [1.54, 1.807) is 0 Å². The zero-order chi connectivity index (χ0) is 77.6. The monoisotopic (exact) mass is 1380 g/mol. The van der Waals surface area contributed by atoms with E-state index in [0.29, 0.717) is 0 Å². The first-order chi connectivity index (χ1) is 51.4. The van der Waals surface area contributed by atoms with Gasteiger partial charge in [-0.3, -0.25) is 0 Å². The Kier molecular flexibility index (Phi) is 31.5. The highest BCUT2D eigenvalue weighted by Gasteiger charge is 2.52. The summed E-state index contributed by atoms with van der Waals surface area (Å²) in [5.41, 5.74) is 21.7. The van der Waals surface area contributed by atoms with Gasteiger partial charge in [-0.15, -0.1) is 0 Å². The normalized spacial score (nSPS) is 10.9. The van der Waals surface area contributed by atoms with Gasteiger partial charge in [0.25, 0.3) is 0 Å². The first-order valence-corrected chi connectivity index (χ1v) is 40.2. The molecule has 2 aliphatic carbocycles. The quantitative estimate of drug-likeness (QED) is 0.133. The Morgan fingerprint density at radius 3 is 0.895 bits per heavy atom. The van der Waals surface area contributed by atoms with Gasteiger partial charge in [0.1, 0.15) is 0 Å². The molecule has 0 amide bonds. The van der Waals surface area contributed by atoms with Crippen molar-refractivity contribution in [3.05, 3.63) is 309 Å². The molecule has 0 unspecified atom stereocenters. The van der Waals surface area contributed by atoms with Crippen molar-refractivity contribution in [2.45, 2.75) is 199 Å². The maximum atomic E-state index is 2.46. The summed E-state index contributed by atoms with van der Waals surface area (Å²) in [6, 6.07) is 90.3. The van der Waals surface area contributed by atoms with Crippen LogP contribution in [0.15, 0.2) is 243 Å². The van der Waals surface area contributed by atoms with Gasteiger partial charge in [0.2, 0.25) is 0 Å². The number of hydrogen-bond acceptors (Lipinski definition) is 0. The maximum absolute atomic E-state index is 2.46. The molecule has 0 heteroatoms. The molecule has 2 aliphatic rings. The predicted octanol–water partition coefficient (Wildman–Crippen LogP) is 33.7. The number of benzene rings is 17. The number of hydrogen-bond donors (Lipinski definition) is 0. The lowest BCUT2D eigenvalue weighted by Crippen LogP contribution is -2.26. The Labute approximate surface area is 634 Å². The van der Waals surface area contributed by atoms with E-state index in [9.17, 15) is 0 Å². The molecule has 17 aromatic carbocycles. The highest BCUT2D eigenvalue weighted by Crippen LogP contribution is 2.64. The third kappa shape index (κ3) is 15.6. The van der Waals surface area contributed by atoms with Crippen molar-refractivity contribution < 1.29 is 0 Å². The van der Waals surface area contributed by atoms with E-state index in [-0.39, 0.29) is 5.41 Å². The van der Waals surface area contributed by atoms with Gasteiger partial charge in [-0.2, -0.15) is 0 Å². The van der Waals surface area contributed by atoms with Crippen LogP contribution in [0.1, 0.15) is 205 Å². The van der Waals surface area contributed by atoms with Crippen LogP contribution in [0.25, 0.3) is 130 Å². The van der Waals surface area contributed by atoms with Gasteiger partial charge in [0.15, 0.2) is 0 Å². The summed E-state index contributed by atoms with van der Waals surface area (Å²) in [6.45, 7) is 57.6. The van der Waals surface area contributed by atoms with E-state index in [4.69, 9.17) is 0 Å². The summed E-state index contributed by atoms with van der Waals surface area (Å²) in [5, 5.41) is 27.6. The van der Waals surface area contributed by atoms with Crippen molar-refractivity contribution >= 4 is 108 Å². The zero-order valence-electron chi connectivity index (χ0n) is 69.6. The Hall–Kier alpha value is -9.88. The second kappa shape index (κ2) is 39.3. The molecule has 0 nitrogen and oxygen atoms in total. The number of rotatable bonds is 0. The first kappa shape index (κ1) is 84.1. The van der Waals surface area contributed by atoms with Gasteiger partial charge in [0, 0.05) is 0 Å². The van der Waals surface area contributed by atoms with Crippen LogP contribution in [-0.4, -0.2) is 0 Å². The van der Waals surface area contributed by atoms with E-state index in [2.05, 4.69) is 298 Å². The van der Waals surface area contributed by atoms with E-state index < -0.39 is 0 Å². The second-order valence-electron chi connectivity index (χ2n) is 24.7. The van der Waals surface area contributed by atoms with Gasteiger partial charge < -0.3 is 0 Å². The van der Waals surface area contributed by atoms with Crippen LogP contribution in [0.5, 0.6) is 0 Å². The SMILES string of the molecule is CC.CC.CC.CC.CC.CC.CC.CC.CC.CC.Cc1cc2ccc3cc(C)cc4ccc(c1)c2c34.Cc1cc2cccc3c(C)cc4cccc1c4c23.Cc1ccc2c(c1)C1(c3ccccc3-c3ccccc31)c1cc(C)c3ccccc3c1-2.Cc1ccc2ccc3c(C)ccc4ccc1c2c43. The minimum atomic E-state index is -0.251. The standard InChI is InChI=1S/C31H22.3C18H14.10C2H6/c1-19-15-16-25-28(17-19)31(29-18-20(2)21-9-3-4-12-24(21)30(25)29)26-13-7-5-10-22(26)23-11-6-8-14-27(23)31;1-11-9-13-5-4-8-16-12(2)10-14-6-3-7-15(11)17(14)18(13)16;1-11-7-13-3-5-15-9-12(2)10-16-6-4-14(8-11)17(13)18(15)16;1-11-3-5-13-8-10-16-12(2)4-6-14-7-9-15(11)17(13)18(14)16;10*1-2/h3-18H,1-2H3;3*3-10H,1-2H3;10*1-2H3. The highest BCUT2D eigenvalue weighted by atomic mass is 14.5. The van der Waals surface area contributed by atoms with Crippen molar-refractivity contribution in [2.75, 3.05) is 0 Å². The maximum Gasteiger partial charge on any atom is 0.0725 e. The molecular weight excluding hydrogens is 1260 g/mol. The van der Waals surface area contributed by atoms with Gasteiger partial charge in [-0.05, 0) is 247 Å². The molecule has 544 valence electrons. The molecule has 0 heterocycles. The smallest absolute Gasteiger partial charge is 0.0683 e. The van der Waals surface area contributed by atoms with Crippen molar-refractivity contribution in [1.29, 1.82) is 0 Å². The summed E-state index contributed by atoms with van der Waals surface area (Å²) in [5.74, 6) is 0. The van der Waals surface area contributed by atoms with Crippen LogP contribution < -0.4 is 0 Å².